The van der Waals surface area contributed by atoms with Crippen LogP contribution < -0.4 is 0 Å². The van der Waals surface area contributed by atoms with Crippen LogP contribution in [0.1, 0.15) is 47.9 Å². The van der Waals surface area contributed by atoms with Crippen molar-refractivity contribution in [1.82, 2.24) is 0 Å². The molecule has 0 atom stereocenters. The number of aryl methyl sites for hydroxylation is 3. The monoisotopic (exact) mass is 250 g/mol. The van der Waals surface area contributed by atoms with Crippen molar-refractivity contribution in [3.05, 3.63) is 34.4 Å². The van der Waals surface area contributed by atoms with E-state index in [1.165, 1.54) is 54.4 Å². The van der Waals surface area contributed by atoms with E-state index in [1.54, 1.807) is 0 Å². The second-order valence-corrected chi connectivity index (χ2v) is 6.16. The van der Waals surface area contributed by atoms with Gasteiger partial charge in [0.15, 0.2) is 0 Å². The summed E-state index contributed by atoms with van der Waals surface area (Å²) in [5.74, 6) is 0.819. The second kappa shape index (κ2) is 5.02. The van der Waals surface area contributed by atoms with E-state index in [9.17, 15) is 0 Å². The van der Waals surface area contributed by atoms with Crippen LogP contribution in [0.15, 0.2) is 12.1 Å². The summed E-state index contributed by atoms with van der Waals surface area (Å²) in [5, 5.41) is 0. The van der Waals surface area contributed by atoms with Crippen LogP contribution >= 0.6 is 11.6 Å². The first-order chi connectivity index (χ1) is 8.06. The van der Waals surface area contributed by atoms with Gasteiger partial charge in [-0.05, 0) is 62.1 Å². The van der Waals surface area contributed by atoms with Crippen molar-refractivity contribution < 1.29 is 0 Å². The van der Waals surface area contributed by atoms with Gasteiger partial charge >= 0.3 is 0 Å². The molecule has 1 aliphatic rings. The molecule has 2 rings (SSSR count). The Morgan fingerprint density at radius 1 is 1.06 bits per heavy atom. The normalized spacial score (nSPS) is 18.6. The van der Waals surface area contributed by atoms with E-state index in [0.717, 1.165) is 5.88 Å². The number of hydrogen-bond acceptors (Lipinski definition) is 0. The fourth-order valence-electron chi connectivity index (χ4n) is 3.35. The summed E-state index contributed by atoms with van der Waals surface area (Å²) in [5.41, 5.74) is 6.18. The van der Waals surface area contributed by atoms with E-state index in [1.807, 2.05) is 0 Å². The average molecular weight is 251 g/mol. The largest absolute Gasteiger partial charge is 0.126 e. The molecule has 1 aliphatic carbocycles. The number of alkyl halides is 1. The molecule has 17 heavy (non-hydrogen) atoms. The molecule has 94 valence electrons. The zero-order chi connectivity index (χ0) is 12.5. The molecule has 0 aromatic heterocycles. The summed E-state index contributed by atoms with van der Waals surface area (Å²) in [7, 11) is 0. The Bertz CT molecular complexity index is 377. The topological polar surface area (TPSA) is 0 Å². The first-order valence-electron chi connectivity index (χ1n) is 6.69. The fraction of sp³-hybridized carbons (Fsp3) is 0.625. The molecule has 1 aromatic rings. The molecule has 1 heteroatoms. The van der Waals surface area contributed by atoms with E-state index < -0.39 is 0 Å². The van der Waals surface area contributed by atoms with Gasteiger partial charge in [-0.15, -0.1) is 11.6 Å². The second-order valence-electron chi connectivity index (χ2n) is 5.89. The summed E-state index contributed by atoms with van der Waals surface area (Å²) in [6, 6.07) is 4.61. The van der Waals surface area contributed by atoms with Crippen LogP contribution in [0.3, 0.4) is 0 Å². The lowest BCUT2D eigenvalue weighted by Gasteiger charge is -2.28. The van der Waals surface area contributed by atoms with E-state index in [4.69, 9.17) is 11.6 Å². The molecule has 1 saturated carbocycles. The Kier molecular flexibility index (Phi) is 3.82. The third-order valence-electron chi connectivity index (χ3n) is 4.34. The summed E-state index contributed by atoms with van der Waals surface area (Å²) in [4.78, 5) is 0. The van der Waals surface area contributed by atoms with Crippen molar-refractivity contribution in [3.63, 3.8) is 0 Å². The van der Waals surface area contributed by atoms with E-state index >= 15 is 0 Å². The Morgan fingerprint density at radius 2 is 1.59 bits per heavy atom. The molecule has 0 spiro atoms. The molecule has 0 bridgehead atoms. The van der Waals surface area contributed by atoms with Gasteiger partial charge in [-0.3, -0.25) is 0 Å². The maximum absolute atomic E-state index is 6.25. The predicted molar refractivity (Wildman–Crippen MR) is 76.0 cm³/mol. The lowest BCUT2D eigenvalue weighted by Crippen LogP contribution is -2.22. The Balaban J connectivity index is 2.29. The fourth-order valence-corrected chi connectivity index (χ4v) is 3.71. The van der Waals surface area contributed by atoms with Crippen molar-refractivity contribution in [2.45, 2.75) is 52.9 Å². The number of rotatable bonds is 3. The quantitative estimate of drug-likeness (QED) is 0.666. The van der Waals surface area contributed by atoms with Crippen molar-refractivity contribution in [2.75, 3.05) is 5.88 Å². The van der Waals surface area contributed by atoms with Gasteiger partial charge in [0.05, 0.1) is 0 Å². The van der Waals surface area contributed by atoms with Crippen LogP contribution in [0, 0.1) is 26.2 Å². The highest BCUT2D eigenvalue weighted by molar-refractivity contribution is 6.18. The van der Waals surface area contributed by atoms with E-state index in [-0.39, 0.29) is 0 Å². The molecule has 0 amide bonds. The smallest absolute Gasteiger partial charge is 0.0283 e. The van der Waals surface area contributed by atoms with E-state index in [2.05, 4.69) is 32.9 Å². The third-order valence-corrected chi connectivity index (χ3v) is 4.91. The molecule has 0 saturated heterocycles. The number of benzene rings is 1. The van der Waals surface area contributed by atoms with Crippen LogP contribution in [0.25, 0.3) is 0 Å². The standard InChI is InChI=1S/C16H23Cl/c1-12-8-13(2)15(14(3)9-12)10-16(11-17)6-4-5-7-16/h8-9H,4-7,10-11H2,1-3H3. The molecule has 1 aromatic carbocycles. The third kappa shape index (κ3) is 2.68. The van der Waals surface area contributed by atoms with Gasteiger partial charge < -0.3 is 0 Å². The summed E-state index contributed by atoms with van der Waals surface area (Å²) in [6.45, 7) is 6.66. The van der Waals surface area contributed by atoms with Gasteiger partial charge in [-0.1, -0.05) is 30.5 Å². The first-order valence-corrected chi connectivity index (χ1v) is 7.22. The molecule has 0 aliphatic heterocycles. The Hall–Kier alpha value is -0.490. The first kappa shape index (κ1) is 13.0. The maximum atomic E-state index is 6.25. The van der Waals surface area contributed by atoms with Crippen LogP contribution in [0.5, 0.6) is 0 Å². The molecular weight excluding hydrogens is 228 g/mol. The van der Waals surface area contributed by atoms with Gasteiger partial charge in [0.1, 0.15) is 0 Å². The van der Waals surface area contributed by atoms with E-state index in [0.29, 0.717) is 5.41 Å². The highest BCUT2D eigenvalue weighted by Gasteiger charge is 2.33. The van der Waals surface area contributed by atoms with Crippen molar-refractivity contribution in [3.8, 4) is 0 Å². The highest BCUT2D eigenvalue weighted by Crippen LogP contribution is 2.42. The minimum atomic E-state index is 0.381. The van der Waals surface area contributed by atoms with Crippen molar-refractivity contribution in [2.24, 2.45) is 5.41 Å². The molecule has 0 unspecified atom stereocenters. The molecule has 0 N–H and O–H groups in total. The maximum Gasteiger partial charge on any atom is 0.0283 e. The van der Waals surface area contributed by atoms with Gasteiger partial charge in [0.25, 0.3) is 0 Å². The molecule has 1 fully saturated rings. The Labute approximate surface area is 110 Å². The van der Waals surface area contributed by atoms with Crippen LogP contribution in [0.4, 0.5) is 0 Å². The lowest BCUT2D eigenvalue weighted by molar-refractivity contribution is 0.339. The van der Waals surface area contributed by atoms with Crippen molar-refractivity contribution >= 4 is 11.6 Å². The molecule has 0 radical (unpaired) electrons. The van der Waals surface area contributed by atoms with Crippen molar-refractivity contribution in [1.29, 1.82) is 0 Å². The van der Waals surface area contributed by atoms with Gasteiger partial charge in [0.2, 0.25) is 0 Å². The minimum absolute atomic E-state index is 0.381. The molecule has 0 nitrogen and oxygen atoms in total. The summed E-state index contributed by atoms with van der Waals surface area (Å²) < 4.78 is 0. The number of hydrogen-bond donors (Lipinski definition) is 0. The zero-order valence-electron chi connectivity index (χ0n) is 11.3. The molecule has 0 heterocycles. The summed E-state index contributed by atoms with van der Waals surface area (Å²) in [6.07, 6.45) is 6.51. The van der Waals surface area contributed by atoms with Gasteiger partial charge in [-0.25, -0.2) is 0 Å². The zero-order valence-corrected chi connectivity index (χ0v) is 12.0. The van der Waals surface area contributed by atoms with Gasteiger partial charge in [-0.2, -0.15) is 0 Å². The lowest BCUT2D eigenvalue weighted by atomic mass is 9.79. The van der Waals surface area contributed by atoms with Crippen LogP contribution in [-0.4, -0.2) is 5.88 Å². The summed E-state index contributed by atoms with van der Waals surface area (Å²) >= 11 is 6.25. The Morgan fingerprint density at radius 3 is 2.06 bits per heavy atom. The minimum Gasteiger partial charge on any atom is -0.126 e. The highest BCUT2D eigenvalue weighted by atomic mass is 35.5. The van der Waals surface area contributed by atoms with Crippen LogP contribution in [-0.2, 0) is 6.42 Å². The van der Waals surface area contributed by atoms with Gasteiger partial charge in [0, 0.05) is 5.88 Å². The predicted octanol–water partition coefficient (Wildman–Crippen LogP) is 4.95. The molecular formula is C16H23Cl. The SMILES string of the molecule is Cc1cc(C)c(CC2(CCl)CCCC2)c(C)c1. The number of halogens is 1. The average Bonchev–Trinajstić information content (AvgIpc) is 2.73. The van der Waals surface area contributed by atoms with Crippen LogP contribution in [0.2, 0.25) is 0 Å².